The molecule has 1 rings (SSSR count). The third-order valence-electron chi connectivity index (χ3n) is 2.14. The van der Waals surface area contributed by atoms with Crippen molar-refractivity contribution in [2.24, 2.45) is 0 Å². The van der Waals surface area contributed by atoms with Gasteiger partial charge < -0.3 is 9.05 Å². The third-order valence-corrected chi connectivity index (χ3v) is 4.79. The van der Waals surface area contributed by atoms with E-state index >= 15 is 0 Å². The van der Waals surface area contributed by atoms with Gasteiger partial charge in [0.1, 0.15) is 0 Å². The van der Waals surface area contributed by atoms with Crippen LogP contribution in [0.2, 0.25) is 0 Å². The van der Waals surface area contributed by atoms with Crippen molar-refractivity contribution < 1.29 is 13.6 Å². The summed E-state index contributed by atoms with van der Waals surface area (Å²) < 4.78 is 22.4. The van der Waals surface area contributed by atoms with Gasteiger partial charge in [-0.05, 0) is 26.7 Å². The topological polar surface area (TPSA) is 35.5 Å². The van der Waals surface area contributed by atoms with Crippen LogP contribution in [0, 0.1) is 0 Å². The molecule has 0 aromatic carbocycles. The van der Waals surface area contributed by atoms with E-state index in [0.29, 0.717) is 13.2 Å². The van der Waals surface area contributed by atoms with Crippen LogP contribution in [0.1, 0.15) is 33.1 Å². The zero-order valence-corrected chi connectivity index (χ0v) is 8.68. The van der Waals surface area contributed by atoms with E-state index in [-0.39, 0.29) is 5.66 Å². The van der Waals surface area contributed by atoms with Crippen LogP contribution < -0.4 is 0 Å². The molecule has 1 fully saturated rings. The maximum absolute atomic E-state index is 12.0. The lowest BCUT2D eigenvalue weighted by Crippen LogP contribution is -2.20. The second kappa shape index (κ2) is 4.40. The highest BCUT2D eigenvalue weighted by Gasteiger charge is 2.39. The van der Waals surface area contributed by atoms with Crippen LogP contribution in [-0.4, -0.2) is 18.9 Å². The fraction of sp³-hybridized carbons (Fsp3) is 1.00. The lowest BCUT2D eigenvalue weighted by molar-refractivity contribution is 0.200. The molecule has 0 radical (unpaired) electrons. The van der Waals surface area contributed by atoms with Crippen LogP contribution >= 0.6 is 7.60 Å². The minimum atomic E-state index is -2.72. The Morgan fingerprint density at radius 1 is 1.25 bits per heavy atom. The molecule has 0 atom stereocenters. The van der Waals surface area contributed by atoms with Crippen molar-refractivity contribution in [3.63, 3.8) is 0 Å². The Morgan fingerprint density at radius 2 is 1.75 bits per heavy atom. The SMILES string of the molecule is CCOP(=O)(OCC)C1CCC1. The average Bonchev–Trinajstić information content (AvgIpc) is 1.82. The molecule has 0 aromatic heterocycles. The Labute approximate surface area is 74.0 Å². The predicted octanol–water partition coefficient (Wildman–Crippen LogP) is 2.81. The summed E-state index contributed by atoms with van der Waals surface area (Å²) in [5, 5.41) is 0. The largest absolute Gasteiger partial charge is 0.333 e. The van der Waals surface area contributed by atoms with Crippen LogP contribution in [-0.2, 0) is 13.6 Å². The summed E-state index contributed by atoms with van der Waals surface area (Å²) in [4.78, 5) is 0. The smallest absolute Gasteiger partial charge is 0.309 e. The molecule has 72 valence electrons. The zero-order chi connectivity index (χ0) is 9.03. The average molecular weight is 192 g/mol. The first kappa shape index (κ1) is 10.2. The molecule has 3 nitrogen and oxygen atoms in total. The van der Waals surface area contributed by atoms with Gasteiger partial charge in [0, 0.05) is 0 Å². The monoisotopic (exact) mass is 192 g/mol. The van der Waals surface area contributed by atoms with Gasteiger partial charge in [-0.25, -0.2) is 0 Å². The summed E-state index contributed by atoms with van der Waals surface area (Å²) in [6.07, 6.45) is 3.16. The molecule has 1 aliphatic carbocycles. The molecule has 0 aliphatic heterocycles. The molecule has 0 saturated heterocycles. The van der Waals surface area contributed by atoms with Crippen LogP contribution in [0.4, 0.5) is 0 Å². The van der Waals surface area contributed by atoms with Crippen molar-refractivity contribution in [2.75, 3.05) is 13.2 Å². The van der Waals surface area contributed by atoms with E-state index in [9.17, 15) is 4.57 Å². The van der Waals surface area contributed by atoms with Crippen LogP contribution in [0.15, 0.2) is 0 Å². The van der Waals surface area contributed by atoms with Crippen molar-refractivity contribution in [1.29, 1.82) is 0 Å². The third kappa shape index (κ3) is 2.09. The van der Waals surface area contributed by atoms with Crippen molar-refractivity contribution in [2.45, 2.75) is 38.8 Å². The van der Waals surface area contributed by atoms with Crippen LogP contribution in [0.25, 0.3) is 0 Å². The van der Waals surface area contributed by atoms with Crippen LogP contribution in [0.3, 0.4) is 0 Å². The summed E-state index contributed by atoms with van der Waals surface area (Å²) in [6.45, 7) is 4.66. The van der Waals surface area contributed by atoms with Crippen molar-refractivity contribution in [1.82, 2.24) is 0 Å². The fourth-order valence-corrected chi connectivity index (χ4v) is 3.52. The first-order valence-corrected chi connectivity index (χ1v) is 6.23. The van der Waals surface area contributed by atoms with E-state index in [4.69, 9.17) is 9.05 Å². The van der Waals surface area contributed by atoms with Gasteiger partial charge in [-0.1, -0.05) is 6.42 Å². The molecule has 12 heavy (non-hydrogen) atoms. The van der Waals surface area contributed by atoms with E-state index in [1.54, 1.807) is 0 Å². The molecular weight excluding hydrogens is 175 g/mol. The summed E-state index contributed by atoms with van der Waals surface area (Å²) in [5.74, 6) is 0. The van der Waals surface area contributed by atoms with Gasteiger partial charge >= 0.3 is 7.60 Å². The van der Waals surface area contributed by atoms with E-state index in [0.717, 1.165) is 19.3 Å². The lowest BCUT2D eigenvalue weighted by atomic mass is 10.00. The number of hydrogen-bond donors (Lipinski definition) is 0. The van der Waals surface area contributed by atoms with Gasteiger partial charge in [0.2, 0.25) is 0 Å². The van der Waals surface area contributed by atoms with Gasteiger partial charge in [-0.3, -0.25) is 4.57 Å². The Hall–Kier alpha value is 0.150. The summed E-state index contributed by atoms with van der Waals surface area (Å²) in [6, 6.07) is 0. The quantitative estimate of drug-likeness (QED) is 0.628. The highest BCUT2D eigenvalue weighted by molar-refractivity contribution is 7.54. The second-order valence-corrected chi connectivity index (χ2v) is 5.29. The fourth-order valence-electron chi connectivity index (χ4n) is 1.31. The Kier molecular flexibility index (Phi) is 3.76. The molecule has 4 heteroatoms. The summed E-state index contributed by atoms with van der Waals surface area (Å²) >= 11 is 0. The summed E-state index contributed by atoms with van der Waals surface area (Å²) in [5.41, 5.74) is 0.178. The summed E-state index contributed by atoms with van der Waals surface area (Å²) in [7, 11) is -2.72. The maximum Gasteiger partial charge on any atom is 0.333 e. The van der Waals surface area contributed by atoms with Gasteiger partial charge in [0.05, 0.1) is 18.9 Å². The molecule has 0 amide bonds. The van der Waals surface area contributed by atoms with Crippen LogP contribution in [0.5, 0.6) is 0 Å². The molecule has 0 unspecified atom stereocenters. The van der Waals surface area contributed by atoms with Crippen molar-refractivity contribution >= 4 is 7.60 Å². The van der Waals surface area contributed by atoms with Gasteiger partial charge in [0.15, 0.2) is 0 Å². The lowest BCUT2D eigenvalue weighted by Gasteiger charge is -2.31. The van der Waals surface area contributed by atoms with E-state index < -0.39 is 7.60 Å². The molecular formula is C8H17O3P. The van der Waals surface area contributed by atoms with Gasteiger partial charge in [-0.2, -0.15) is 0 Å². The van der Waals surface area contributed by atoms with E-state index in [1.165, 1.54) is 0 Å². The van der Waals surface area contributed by atoms with Crippen molar-refractivity contribution in [3.05, 3.63) is 0 Å². The molecule has 0 bridgehead atoms. The second-order valence-electron chi connectivity index (χ2n) is 2.96. The number of hydrogen-bond acceptors (Lipinski definition) is 3. The zero-order valence-electron chi connectivity index (χ0n) is 7.78. The molecule has 0 N–H and O–H groups in total. The molecule has 0 spiro atoms. The van der Waals surface area contributed by atoms with Gasteiger partial charge in [-0.15, -0.1) is 0 Å². The molecule has 1 saturated carbocycles. The predicted molar refractivity (Wildman–Crippen MR) is 48.5 cm³/mol. The van der Waals surface area contributed by atoms with Crippen molar-refractivity contribution in [3.8, 4) is 0 Å². The Balaban J connectivity index is 2.50. The first-order valence-electron chi connectivity index (χ1n) is 4.61. The molecule has 0 aromatic rings. The Morgan fingerprint density at radius 3 is 2.00 bits per heavy atom. The standard InChI is InChI=1S/C8H17O3P/c1-3-10-12(9,11-4-2)8-6-5-7-8/h8H,3-7H2,1-2H3. The highest BCUT2D eigenvalue weighted by atomic mass is 31.2. The first-order chi connectivity index (χ1) is 5.73. The molecule has 0 heterocycles. The maximum atomic E-state index is 12.0. The highest BCUT2D eigenvalue weighted by Crippen LogP contribution is 2.59. The minimum absolute atomic E-state index is 0.178. The van der Waals surface area contributed by atoms with Gasteiger partial charge in [0.25, 0.3) is 0 Å². The Bertz CT molecular complexity index is 167. The minimum Gasteiger partial charge on any atom is -0.309 e. The van der Waals surface area contributed by atoms with E-state index in [2.05, 4.69) is 0 Å². The number of rotatable bonds is 5. The molecule has 1 aliphatic rings. The van der Waals surface area contributed by atoms with E-state index in [1.807, 2.05) is 13.8 Å². The normalized spacial score (nSPS) is 19.2.